The Morgan fingerprint density at radius 1 is 1.42 bits per heavy atom. The van der Waals surface area contributed by atoms with Crippen LogP contribution < -0.4 is 10.5 Å². The lowest BCUT2D eigenvalue weighted by atomic mass is 10.1. The summed E-state index contributed by atoms with van der Waals surface area (Å²) >= 11 is 6.02. The lowest BCUT2D eigenvalue weighted by Crippen LogP contribution is -2.40. The molecule has 1 aliphatic rings. The lowest BCUT2D eigenvalue weighted by molar-refractivity contribution is 0.354. The average Bonchev–Trinajstić information content (AvgIpc) is 2.59. The number of hydrogen-bond donors (Lipinski definition) is 1. The van der Waals surface area contributed by atoms with E-state index in [1.54, 1.807) is 19.9 Å². The van der Waals surface area contributed by atoms with Crippen LogP contribution in [0.15, 0.2) is 12.1 Å². The van der Waals surface area contributed by atoms with Crippen LogP contribution in [0, 0.1) is 0 Å². The minimum absolute atomic E-state index is 0.0682. The van der Waals surface area contributed by atoms with Crippen molar-refractivity contribution in [3.63, 3.8) is 0 Å². The Morgan fingerprint density at radius 2 is 2.11 bits per heavy atom. The van der Waals surface area contributed by atoms with Gasteiger partial charge in [-0.3, -0.25) is 0 Å². The third-order valence-corrected chi connectivity index (χ3v) is 4.95. The van der Waals surface area contributed by atoms with Gasteiger partial charge < -0.3 is 10.5 Å². The van der Waals surface area contributed by atoms with Crippen LogP contribution in [0.3, 0.4) is 0 Å². The zero-order chi connectivity index (χ0) is 14.3. The van der Waals surface area contributed by atoms with Crippen molar-refractivity contribution in [3.05, 3.63) is 28.3 Å². The molecule has 2 rings (SSSR count). The third kappa shape index (κ3) is 3.84. The van der Waals surface area contributed by atoms with Crippen LogP contribution in [0.25, 0.3) is 0 Å². The second kappa shape index (κ2) is 4.96. The summed E-state index contributed by atoms with van der Waals surface area (Å²) in [5.74, 6) is 0.514. The molecule has 106 valence electrons. The van der Waals surface area contributed by atoms with Crippen LogP contribution in [0.4, 0.5) is 0 Å². The van der Waals surface area contributed by atoms with Gasteiger partial charge in [-0.05, 0) is 31.5 Å². The maximum atomic E-state index is 12.1. The molecule has 19 heavy (non-hydrogen) atoms. The Morgan fingerprint density at radius 3 is 2.74 bits per heavy atom. The smallest absolute Gasteiger partial charge is 0.156 e. The summed E-state index contributed by atoms with van der Waals surface area (Å²) in [6.07, 6.45) is 0.769. The second-order valence-electron chi connectivity index (χ2n) is 5.67. The van der Waals surface area contributed by atoms with Gasteiger partial charge in [0.2, 0.25) is 0 Å². The number of nitrogens with two attached hydrogens (primary N) is 1. The van der Waals surface area contributed by atoms with E-state index in [2.05, 4.69) is 0 Å². The van der Waals surface area contributed by atoms with E-state index in [1.807, 2.05) is 6.07 Å². The van der Waals surface area contributed by atoms with Crippen molar-refractivity contribution >= 4 is 21.4 Å². The highest BCUT2D eigenvalue weighted by Crippen LogP contribution is 2.34. The Balaban J connectivity index is 2.30. The fourth-order valence-electron chi connectivity index (χ4n) is 2.31. The van der Waals surface area contributed by atoms with E-state index in [4.69, 9.17) is 22.1 Å². The predicted octanol–water partition coefficient (Wildman–Crippen LogP) is 1.93. The van der Waals surface area contributed by atoms with Gasteiger partial charge in [0, 0.05) is 22.5 Å². The van der Waals surface area contributed by atoms with Gasteiger partial charge >= 0.3 is 0 Å². The van der Waals surface area contributed by atoms with Crippen LogP contribution in [0.2, 0.25) is 5.02 Å². The van der Waals surface area contributed by atoms with Crippen molar-refractivity contribution in [2.24, 2.45) is 5.73 Å². The maximum Gasteiger partial charge on any atom is 0.156 e. The molecule has 0 aromatic heterocycles. The number of benzene rings is 1. The van der Waals surface area contributed by atoms with E-state index in [1.165, 1.54) is 0 Å². The summed E-state index contributed by atoms with van der Waals surface area (Å²) in [4.78, 5) is 0. The minimum Gasteiger partial charge on any atom is -0.493 e. The van der Waals surface area contributed by atoms with Crippen molar-refractivity contribution in [2.45, 2.75) is 31.6 Å². The summed E-state index contributed by atoms with van der Waals surface area (Å²) in [5, 5.41) is 0.543. The van der Waals surface area contributed by atoms with Crippen LogP contribution in [0.1, 0.15) is 25.0 Å². The Labute approximate surface area is 118 Å². The van der Waals surface area contributed by atoms with E-state index in [9.17, 15) is 8.42 Å². The van der Waals surface area contributed by atoms with Crippen molar-refractivity contribution in [1.82, 2.24) is 0 Å². The SMILES string of the molecule is CC(C)(N)CS(=O)(=O)Cc1cc(Cl)cc2c1OCC2. The molecule has 2 N–H and O–H groups in total. The molecule has 0 unspecified atom stereocenters. The molecule has 1 heterocycles. The topological polar surface area (TPSA) is 69.4 Å². The second-order valence-corrected chi connectivity index (χ2v) is 8.17. The minimum atomic E-state index is -3.29. The molecule has 0 fully saturated rings. The first-order valence-electron chi connectivity index (χ1n) is 6.10. The van der Waals surface area contributed by atoms with E-state index in [-0.39, 0.29) is 11.5 Å². The first kappa shape index (κ1) is 14.6. The molecule has 4 nitrogen and oxygen atoms in total. The van der Waals surface area contributed by atoms with Crippen molar-refractivity contribution < 1.29 is 13.2 Å². The largest absolute Gasteiger partial charge is 0.493 e. The molecule has 0 saturated carbocycles. The highest BCUT2D eigenvalue weighted by atomic mass is 35.5. The van der Waals surface area contributed by atoms with Crippen LogP contribution in [-0.4, -0.2) is 26.3 Å². The molecule has 6 heteroatoms. The number of sulfone groups is 1. The number of ether oxygens (including phenoxy) is 1. The molecule has 0 amide bonds. The molecular formula is C13H18ClNO3S. The van der Waals surface area contributed by atoms with Gasteiger partial charge in [0.05, 0.1) is 18.1 Å². The molecular weight excluding hydrogens is 286 g/mol. The van der Waals surface area contributed by atoms with Crippen LogP contribution in [-0.2, 0) is 22.0 Å². The van der Waals surface area contributed by atoms with Gasteiger partial charge in [-0.25, -0.2) is 8.42 Å². The first-order chi connectivity index (χ1) is 8.66. The van der Waals surface area contributed by atoms with Gasteiger partial charge in [-0.1, -0.05) is 11.6 Å². The van der Waals surface area contributed by atoms with Crippen LogP contribution >= 0.6 is 11.6 Å². The summed E-state index contributed by atoms with van der Waals surface area (Å²) < 4.78 is 29.8. The normalized spacial score (nSPS) is 15.2. The Kier molecular flexibility index (Phi) is 3.82. The van der Waals surface area contributed by atoms with Gasteiger partial charge in [-0.2, -0.15) is 0 Å². The van der Waals surface area contributed by atoms with E-state index < -0.39 is 15.4 Å². The molecule has 0 radical (unpaired) electrons. The number of hydrogen-bond acceptors (Lipinski definition) is 4. The number of halogens is 1. The maximum absolute atomic E-state index is 12.1. The van der Waals surface area contributed by atoms with Gasteiger partial charge in [0.1, 0.15) is 5.75 Å². The van der Waals surface area contributed by atoms with Crippen molar-refractivity contribution in [1.29, 1.82) is 0 Å². The quantitative estimate of drug-likeness (QED) is 0.922. The Bertz CT molecular complexity index is 591. The van der Waals surface area contributed by atoms with Crippen molar-refractivity contribution in [2.75, 3.05) is 12.4 Å². The molecule has 0 atom stereocenters. The Hall–Kier alpha value is -0.780. The highest BCUT2D eigenvalue weighted by molar-refractivity contribution is 7.90. The summed E-state index contributed by atoms with van der Waals surface area (Å²) in [6.45, 7) is 3.97. The summed E-state index contributed by atoms with van der Waals surface area (Å²) in [6, 6.07) is 3.49. The monoisotopic (exact) mass is 303 g/mol. The molecule has 0 saturated heterocycles. The molecule has 1 aromatic carbocycles. The number of rotatable bonds is 4. The van der Waals surface area contributed by atoms with Crippen molar-refractivity contribution in [3.8, 4) is 5.75 Å². The molecule has 0 aliphatic carbocycles. The molecule has 1 aromatic rings. The predicted molar refractivity (Wildman–Crippen MR) is 76.4 cm³/mol. The molecule has 0 bridgehead atoms. The summed E-state index contributed by atoms with van der Waals surface area (Å²) in [5.41, 5.74) is 6.64. The molecule has 0 spiro atoms. The fourth-order valence-corrected chi connectivity index (χ4v) is 4.50. The highest BCUT2D eigenvalue weighted by Gasteiger charge is 2.26. The van der Waals surface area contributed by atoms with Gasteiger partial charge in [-0.15, -0.1) is 0 Å². The average molecular weight is 304 g/mol. The van der Waals surface area contributed by atoms with E-state index in [0.717, 1.165) is 12.0 Å². The number of fused-ring (bicyclic) bond motifs is 1. The standard InChI is InChI=1S/C13H18ClNO3S/c1-13(2,15)8-19(16,17)7-10-6-11(14)5-9-3-4-18-12(9)10/h5-6H,3-4,7-8,15H2,1-2H3. The van der Waals surface area contributed by atoms with Gasteiger partial charge in [0.15, 0.2) is 9.84 Å². The fraction of sp³-hybridized carbons (Fsp3) is 0.538. The molecule has 1 aliphatic heterocycles. The van der Waals surface area contributed by atoms with Crippen LogP contribution in [0.5, 0.6) is 5.75 Å². The zero-order valence-corrected chi connectivity index (χ0v) is 12.6. The first-order valence-corrected chi connectivity index (χ1v) is 8.30. The summed E-state index contributed by atoms with van der Waals surface area (Å²) in [7, 11) is -3.29. The van der Waals surface area contributed by atoms with E-state index in [0.29, 0.717) is 22.9 Å². The lowest BCUT2D eigenvalue weighted by Gasteiger charge is -2.18. The van der Waals surface area contributed by atoms with Gasteiger partial charge in [0.25, 0.3) is 0 Å². The van der Waals surface area contributed by atoms with E-state index >= 15 is 0 Å². The zero-order valence-electron chi connectivity index (χ0n) is 11.1. The third-order valence-electron chi connectivity index (χ3n) is 2.79.